The van der Waals surface area contributed by atoms with E-state index in [4.69, 9.17) is 21.9 Å². The molecule has 0 spiro atoms. The molecule has 1 aromatic carbocycles. The predicted octanol–water partition coefficient (Wildman–Crippen LogP) is 3.57. The van der Waals surface area contributed by atoms with Gasteiger partial charge in [-0.15, -0.1) is 0 Å². The molecule has 0 aliphatic carbocycles. The van der Waals surface area contributed by atoms with Gasteiger partial charge in [-0.3, -0.25) is 9.78 Å². The average Bonchev–Trinajstić information content (AvgIpc) is 2.78. The van der Waals surface area contributed by atoms with Crippen LogP contribution in [0, 0.1) is 20.8 Å². The maximum Gasteiger partial charge on any atom is 0.251 e. The molecule has 2 heterocycles. The fourth-order valence-electron chi connectivity index (χ4n) is 2.62. The number of hydrogen-bond donors (Lipinski definition) is 1. The summed E-state index contributed by atoms with van der Waals surface area (Å²) in [6, 6.07) is 3.83. The molecule has 5 nitrogen and oxygen atoms in total. The lowest BCUT2D eigenvalue weighted by Gasteiger charge is -2.10. The van der Waals surface area contributed by atoms with Crippen LogP contribution in [0.3, 0.4) is 0 Å². The van der Waals surface area contributed by atoms with Crippen molar-refractivity contribution in [3.8, 4) is 11.1 Å². The molecule has 112 valence electrons. The molecule has 3 aromatic rings. The van der Waals surface area contributed by atoms with Gasteiger partial charge in [0.25, 0.3) is 5.91 Å². The number of aromatic nitrogens is 2. The molecule has 0 aliphatic rings. The summed E-state index contributed by atoms with van der Waals surface area (Å²) < 4.78 is 5.23. The Hall–Kier alpha value is -2.40. The number of primary amides is 1. The van der Waals surface area contributed by atoms with E-state index in [9.17, 15) is 4.79 Å². The highest BCUT2D eigenvalue weighted by atomic mass is 35.5. The molecule has 1 amide bonds. The fourth-order valence-corrected chi connectivity index (χ4v) is 2.92. The largest absolute Gasteiger partial charge is 0.366 e. The van der Waals surface area contributed by atoms with E-state index in [0.717, 1.165) is 28.1 Å². The topological polar surface area (TPSA) is 82.0 Å². The second-order valence-electron chi connectivity index (χ2n) is 5.23. The summed E-state index contributed by atoms with van der Waals surface area (Å²) in [6.07, 6.45) is 1.40. The third-order valence-electron chi connectivity index (χ3n) is 3.72. The van der Waals surface area contributed by atoms with Crippen molar-refractivity contribution in [2.45, 2.75) is 20.8 Å². The summed E-state index contributed by atoms with van der Waals surface area (Å²) >= 11 is 6.28. The molecule has 0 radical (unpaired) electrons. The van der Waals surface area contributed by atoms with Crippen LogP contribution in [0.15, 0.2) is 22.9 Å². The third-order valence-corrected chi connectivity index (χ3v) is 4.12. The zero-order chi connectivity index (χ0) is 16.0. The van der Waals surface area contributed by atoms with Crippen molar-refractivity contribution in [3.05, 3.63) is 45.9 Å². The van der Waals surface area contributed by atoms with Crippen molar-refractivity contribution in [1.29, 1.82) is 0 Å². The Kier molecular flexibility index (Phi) is 3.37. The number of halogens is 1. The predicted molar refractivity (Wildman–Crippen MR) is 85.0 cm³/mol. The van der Waals surface area contributed by atoms with Crippen LogP contribution in [0.5, 0.6) is 0 Å². The minimum atomic E-state index is -0.591. The molecular formula is C16H14ClN3O2. The van der Waals surface area contributed by atoms with Gasteiger partial charge in [0.05, 0.1) is 21.8 Å². The van der Waals surface area contributed by atoms with Gasteiger partial charge in [0.15, 0.2) is 0 Å². The number of rotatable bonds is 2. The molecule has 0 fully saturated rings. The number of nitrogens with zero attached hydrogens (tertiary/aromatic N) is 2. The zero-order valence-corrected chi connectivity index (χ0v) is 13.2. The molecule has 0 unspecified atom stereocenters. The minimum absolute atomic E-state index is 0.221. The van der Waals surface area contributed by atoms with E-state index >= 15 is 0 Å². The standard InChI is InChI=1S/C16H14ClN3O2/c1-7-4-11-13(19-6-12(15(11)17)16(18)21)5-10(7)14-8(2)20-22-9(14)3/h4-6H,1-3H3,(H2,18,21). The second kappa shape index (κ2) is 5.10. The van der Waals surface area contributed by atoms with Crippen molar-refractivity contribution in [3.63, 3.8) is 0 Å². The number of nitrogens with two attached hydrogens (primary N) is 1. The van der Waals surface area contributed by atoms with Crippen LogP contribution >= 0.6 is 11.6 Å². The summed E-state index contributed by atoms with van der Waals surface area (Å²) in [5, 5.41) is 5.01. The number of benzene rings is 1. The molecule has 0 saturated heterocycles. The van der Waals surface area contributed by atoms with Crippen LogP contribution in [-0.4, -0.2) is 16.0 Å². The van der Waals surface area contributed by atoms with Gasteiger partial charge in [-0.2, -0.15) is 0 Å². The van der Waals surface area contributed by atoms with E-state index in [1.54, 1.807) is 0 Å². The number of amides is 1. The molecule has 3 rings (SSSR count). The highest BCUT2D eigenvalue weighted by Crippen LogP contribution is 2.34. The molecule has 22 heavy (non-hydrogen) atoms. The van der Waals surface area contributed by atoms with Crippen molar-refractivity contribution in [1.82, 2.24) is 10.1 Å². The molecule has 6 heteroatoms. The molecule has 0 bridgehead atoms. The smallest absolute Gasteiger partial charge is 0.251 e. The summed E-state index contributed by atoms with van der Waals surface area (Å²) in [7, 11) is 0. The SMILES string of the molecule is Cc1cc2c(Cl)c(C(N)=O)cnc2cc1-c1c(C)noc1C. The normalized spacial score (nSPS) is 11.1. The van der Waals surface area contributed by atoms with Crippen LogP contribution < -0.4 is 5.73 Å². The number of hydrogen-bond acceptors (Lipinski definition) is 4. The van der Waals surface area contributed by atoms with Crippen molar-refractivity contribution in [2.75, 3.05) is 0 Å². The second-order valence-corrected chi connectivity index (χ2v) is 5.61. The van der Waals surface area contributed by atoms with Gasteiger partial charge in [-0.25, -0.2) is 0 Å². The number of pyridine rings is 1. The lowest BCUT2D eigenvalue weighted by atomic mass is 9.96. The Morgan fingerprint density at radius 3 is 2.59 bits per heavy atom. The first kappa shape index (κ1) is 14.5. The Morgan fingerprint density at radius 1 is 1.27 bits per heavy atom. The third kappa shape index (κ3) is 2.14. The molecule has 0 saturated carbocycles. The Labute approximate surface area is 132 Å². The Morgan fingerprint density at radius 2 is 2.00 bits per heavy atom. The highest BCUT2D eigenvalue weighted by Gasteiger charge is 2.17. The monoisotopic (exact) mass is 315 g/mol. The van der Waals surface area contributed by atoms with Crippen LogP contribution in [0.1, 0.15) is 27.4 Å². The molecule has 2 N–H and O–H groups in total. The average molecular weight is 316 g/mol. The van der Waals surface area contributed by atoms with Gasteiger partial charge < -0.3 is 10.3 Å². The van der Waals surface area contributed by atoms with Crippen molar-refractivity contribution < 1.29 is 9.32 Å². The van der Waals surface area contributed by atoms with Crippen LogP contribution in [0.2, 0.25) is 5.02 Å². The first-order valence-corrected chi connectivity index (χ1v) is 7.10. The van der Waals surface area contributed by atoms with Crippen molar-refractivity contribution in [2.24, 2.45) is 5.73 Å². The summed E-state index contributed by atoms with van der Waals surface area (Å²) in [6.45, 7) is 5.73. The van der Waals surface area contributed by atoms with Gasteiger partial charge in [-0.05, 0) is 44.0 Å². The van der Waals surface area contributed by atoms with Crippen LogP contribution in [0.4, 0.5) is 0 Å². The summed E-state index contributed by atoms with van der Waals surface area (Å²) in [4.78, 5) is 15.7. The molecule has 0 atom stereocenters. The van der Waals surface area contributed by atoms with E-state index in [0.29, 0.717) is 15.9 Å². The van der Waals surface area contributed by atoms with Gasteiger partial charge in [-0.1, -0.05) is 16.8 Å². The molecular weight excluding hydrogens is 302 g/mol. The first-order valence-electron chi connectivity index (χ1n) is 6.72. The lowest BCUT2D eigenvalue weighted by Crippen LogP contribution is -2.12. The zero-order valence-electron chi connectivity index (χ0n) is 12.4. The van der Waals surface area contributed by atoms with E-state index in [1.165, 1.54) is 6.20 Å². The lowest BCUT2D eigenvalue weighted by molar-refractivity contribution is 0.100. The van der Waals surface area contributed by atoms with Crippen LogP contribution in [0.25, 0.3) is 22.0 Å². The fraction of sp³-hybridized carbons (Fsp3) is 0.188. The molecule has 2 aromatic heterocycles. The quantitative estimate of drug-likeness (QED) is 0.783. The number of aryl methyl sites for hydroxylation is 3. The minimum Gasteiger partial charge on any atom is -0.366 e. The van der Waals surface area contributed by atoms with Gasteiger partial charge in [0.1, 0.15) is 5.76 Å². The Balaban J connectivity index is 2.31. The summed E-state index contributed by atoms with van der Waals surface area (Å²) in [5.41, 5.74) is 9.97. The van der Waals surface area contributed by atoms with Crippen LogP contribution in [-0.2, 0) is 0 Å². The van der Waals surface area contributed by atoms with E-state index in [1.807, 2.05) is 32.9 Å². The molecule has 0 aliphatic heterocycles. The Bertz CT molecular complexity index is 896. The number of carbonyl (C=O) groups excluding carboxylic acids is 1. The van der Waals surface area contributed by atoms with Gasteiger partial charge >= 0.3 is 0 Å². The van der Waals surface area contributed by atoms with Gasteiger partial charge in [0, 0.05) is 17.1 Å². The highest BCUT2D eigenvalue weighted by molar-refractivity contribution is 6.38. The maximum absolute atomic E-state index is 11.4. The number of carbonyl (C=O) groups is 1. The van der Waals surface area contributed by atoms with Crippen molar-refractivity contribution >= 4 is 28.4 Å². The van der Waals surface area contributed by atoms with Gasteiger partial charge in [0.2, 0.25) is 0 Å². The maximum atomic E-state index is 11.4. The number of fused-ring (bicyclic) bond motifs is 1. The van der Waals surface area contributed by atoms with E-state index in [-0.39, 0.29) is 5.56 Å². The first-order chi connectivity index (χ1) is 10.4. The van der Waals surface area contributed by atoms with E-state index in [2.05, 4.69) is 10.1 Å². The summed E-state index contributed by atoms with van der Waals surface area (Å²) in [5.74, 6) is 0.159. The van der Waals surface area contributed by atoms with E-state index < -0.39 is 5.91 Å².